The number of carbonyl (C=O) groups is 1. The third-order valence-electron chi connectivity index (χ3n) is 2.33. The summed E-state index contributed by atoms with van der Waals surface area (Å²) < 4.78 is 0. The molecule has 0 fully saturated rings. The van der Waals surface area contributed by atoms with Crippen molar-refractivity contribution in [3.63, 3.8) is 0 Å². The summed E-state index contributed by atoms with van der Waals surface area (Å²) in [5.41, 5.74) is -0.185. The number of nitrogens with one attached hydrogen (secondary N) is 1. The van der Waals surface area contributed by atoms with Crippen LogP contribution in [-0.4, -0.2) is 36.0 Å². The maximum Gasteiger partial charge on any atom is 0.311 e. The number of pyridine rings is 1. The minimum absolute atomic E-state index is 0.0197. The highest BCUT2D eigenvalue weighted by Gasteiger charge is 2.20. The Hall–Kier alpha value is -1.89. The second-order valence-electron chi connectivity index (χ2n) is 3.94. The van der Waals surface area contributed by atoms with Crippen LogP contribution < -0.4 is 10.2 Å². The van der Waals surface area contributed by atoms with Crippen molar-refractivity contribution in [2.45, 2.75) is 13.3 Å². The summed E-state index contributed by atoms with van der Waals surface area (Å²) in [6.45, 7) is 2.49. The molecule has 0 spiro atoms. The number of likely N-dealkylation sites (N-methyl/N-ethyl adjacent to an activating group) is 1. The molecule has 0 saturated carbocycles. The Morgan fingerprint density at radius 3 is 2.84 bits per heavy atom. The van der Waals surface area contributed by atoms with Gasteiger partial charge in [-0.1, -0.05) is 18.5 Å². The molecule has 19 heavy (non-hydrogen) atoms. The Kier molecular flexibility index (Phi) is 5.50. The number of nitro groups is 1. The molecule has 1 N–H and O–H groups in total. The van der Waals surface area contributed by atoms with Crippen molar-refractivity contribution >= 4 is 29.0 Å². The van der Waals surface area contributed by atoms with Gasteiger partial charge in [-0.3, -0.25) is 14.9 Å². The van der Waals surface area contributed by atoms with Crippen LogP contribution in [0.25, 0.3) is 0 Å². The van der Waals surface area contributed by atoms with Crippen LogP contribution in [0.2, 0.25) is 5.15 Å². The number of rotatable bonds is 6. The van der Waals surface area contributed by atoms with E-state index < -0.39 is 4.92 Å². The molecule has 1 aromatic heterocycles. The Bertz CT molecular complexity index is 481. The van der Waals surface area contributed by atoms with Gasteiger partial charge in [-0.2, -0.15) is 0 Å². The van der Waals surface area contributed by atoms with E-state index in [1.807, 2.05) is 6.92 Å². The summed E-state index contributed by atoms with van der Waals surface area (Å²) in [7, 11) is 1.55. The summed E-state index contributed by atoms with van der Waals surface area (Å²) in [6.07, 6.45) is 0.824. The van der Waals surface area contributed by atoms with Crippen LogP contribution in [0.5, 0.6) is 0 Å². The summed E-state index contributed by atoms with van der Waals surface area (Å²) in [5.74, 6) is -0.149. The number of nitrogens with zero attached hydrogens (tertiary/aromatic N) is 3. The molecular weight excluding hydrogens is 272 g/mol. The van der Waals surface area contributed by atoms with Gasteiger partial charge in [0.25, 0.3) is 0 Å². The molecule has 1 heterocycles. The average molecular weight is 287 g/mol. The molecule has 0 saturated heterocycles. The van der Waals surface area contributed by atoms with Crippen molar-refractivity contribution in [1.82, 2.24) is 10.3 Å². The fourth-order valence-corrected chi connectivity index (χ4v) is 1.60. The number of amides is 1. The molecule has 104 valence electrons. The monoisotopic (exact) mass is 286 g/mol. The Labute approximate surface area is 115 Å². The molecule has 0 atom stereocenters. The summed E-state index contributed by atoms with van der Waals surface area (Å²) >= 11 is 5.72. The Morgan fingerprint density at radius 2 is 2.26 bits per heavy atom. The minimum Gasteiger partial charge on any atom is -0.355 e. The van der Waals surface area contributed by atoms with E-state index in [1.165, 1.54) is 17.0 Å². The van der Waals surface area contributed by atoms with Crippen molar-refractivity contribution in [3.05, 3.63) is 27.4 Å². The molecule has 1 amide bonds. The maximum atomic E-state index is 11.6. The van der Waals surface area contributed by atoms with Crippen LogP contribution >= 0.6 is 11.6 Å². The summed E-state index contributed by atoms with van der Waals surface area (Å²) in [4.78, 5) is 27.2. The lowest BCUT2D eigenvalue weighted by Gasteiger charge is -2.17. The molecule has 0 bridgehead atoms. The van der Waals surface area contributed by atoms with Gasteiger partial charge in [-0.15, -0.1) is 0 Å². The normalized spacial score (nSPS) is 10.1. The fraction of sp³-hybridized carbons (Fsp3) is 0.455. The van der Waals surface area contributed by atoms with E-state index >= 15 is 0 Å². The van der Waals surface area contributed by atoms with Crippen LogP contribution in [0.1, 0.15) is 13.3 Å². The highest BCUT2D eigenvalue weighted by molar-refractivity contribution is 6.29. The first-order chi connectivity index (χ1) is 8.95. The molecule has 0 aliphatic carbocycles. The highest BCUT2D eigenvalue weighted by atomic mass is 35.5. The zero-order chi connectivity index (χ0) is 14.4. The largest absolute Gasteiger partial charge is 0.355 e. The number of hydrogen-bond donors (Lipinski definition) is 1. The van der Waals surface area contributed by atoms with E-state index in [4.69, 9.17) is 11.6 Å². The first kappa shape index (κ1) is 15.2. The SMILES string of the molecule is CCCNC(=O)CN(C)c1nc(Cl)ccc1[N+](=O)[O-]. The summed E-state index contributed by atoms with van der Waals surface area (Å²) in [6, 6.07) is 2.61. The van der Waals surface area contributed by atoms with E-state index in [-0.39, 0.29) is 29.1 Å². The maximum absolute atomic E-state index is 11.6. The van der Waals surface area contributed by atoms with Gasteiger partial charge in [0.1, 0.15) is 5.15 Å². The predicted molar refractivity (Wildman–Crippen MR) is 72.5 cm³/mol. The highest BCUT2D eigenvalue weighted by Crippen LogP contribution is 2.26. The predicted octanol–water partition coefficient (Wildman–Crippen LogP) is 1.61. The smallest absolute Gasteiger partial charge is 0.311 e. The van der Waals surface area contributed by atoms with E-state index in [0.717, 1.165) is 6.42 Å². The molecule has 7 nitrogen and oxygen atoms in total. The van der Waals surface area contributed by atoms with Crippen molar-refractivity contribution in [3.8, 4) is 0 Å². The van der Waals surface area contributed by atoms with Crippen molar-refractivity contribution in [2.24, 2.45) is 0 Å². The number of aromatic nitrogens is 1. The minimum atomic E-state index is -0.556. The van der Waals surface area contributed by atoms with Gasteiger partial charge in [0.15, 0.2) is 0 Å². The number of hydrogen-bond acceptors (Lipinski definition) is 5. The van der Waals surface area contributed by atoms with Crippen LogP contribution in [0.15, 0.2) is 12.1 Å². The van der Waals surface area contributed by atoms with Crippen molar-refractivity contribution in [2.75, 3.05) is 25.0 Å². The molecule has 1 aromatic rings. The van der Waals surface area contributed by atoms with Gasteiger partial charge in [-0.05, 0) is 12.5 Å². The molecule has 1 rings (SSSR count). The van der Waals surface area contributed by atoms with Crippen LogP contribution in [0.3, 0.4) is 0 Å². The Morgan fingerprint density at radius 1 is 1.58 bits per heavy atom. The standard InChI is InChI=1S/C11H15ClN4O3/c1-3-6-13-10(17)7-15(2)11-8(16(18)19)4-5-9(12)14-11/h4-5H,3,6-7H2,1-2H3,(H,13,17). The van der Waals surface area contributed by atoms with Gasteiger partial charge in [0.05, 0.1) is 11.5 Å². The van der Waals surface area contributed by atoms with Crippen LogP contribution in [0, 0.1) is 10.1 Å². The van der Waals surface area contributed by atoms with E-state index in [9.17, 15) is 14.9 Å². The topological polar surface area (TPSA) is 88.4 Å². The molecular formula is C11H15ClN4O3. The van der Waals surface area contributed by atoms with Crippen molar-refractivity contribution < 1.29 is 9.72 Å². The number of carbonyl (C=O) groups excluding carboxylic acids is 1. The van der Waals surface area contributed by atoms with E-state index in [1.54, 1.807) is 7.05 Å². The van der Waals surface area contributed by atoms with Gasteiger partial charge in [0.2, 0.25) is 11.7 Å². The summed E-state index contributed by atoms with van der Waals surface area (Å²) in [5, 5.41) is 13.7. The van der Waals surface area contributed by atoms with Gasteiger partial charge in [-0.25, -0.2) is 4.98 Å². The first-order valence-corrected chi connectivity index (χ1v) is 6.12. The van der Waals surface area contributed by atoms with Crippen LogP contribution in [0.4, 0.5) is 11.5 Å². The third kappa shape index (κ3) is 4.36. The second-order valence-corrected chi connectivity index (χ2v) is 4.33. The molecule has 0 aliphatic rings. The molecule has 0 unspecified atom stereocenters. The average Bonchev–Trinajstić information content (AvgIpc) is 2.35. The molecule has 0 aromatic carbocycles. The quantitative estimate of drug-likeness (QED) is 0.487. The van der Waals surface area contributed by atoms with Crippen LogP contribution in [-0.2, 0) is 4.79 Å². The Balaban J connectivity index is 2.86. The van der Waals surface area contributed by atoms with E-state index in [0.29, 0.717) is 6.54 Å². The van der Waals surface area contributed by atoms with Gasteiger partial charge >= 0.3 is 5.69 Å². The first-order valence-electron chi connectivity index (χ1n) is 5.74. The molecule has 0 aliphatic heterocycles. The molecule has 0 radical (unpaired) electrons. The van der Waals surface area contributed by atoms with E-state index in [2.05, 4.69) is 10.3 Å². The lowest BCUT2D eigenvalue weighted by atomic mass is 10.3. The lowest BCUT2D eigenvalue weighted by molar-refractivity contribution is -0.384. The number of anilines is 1. The lowest BCUT2D eigenvalue weighted by Crippen LogP contribution is -2.36. The van der Waals surface area contributed by atoms with Gasteiger partial charge in [0, 0.05) is 19.7 Å². The fourth-order valence-electron chi connectivity index (χ4n) is 1.45. The number of halogens is 1. The van der Waals surface area contributed by atoms with Crippen molar-refractivity contribution in [1.29, 1.82) is 0 Å². The zero-order valence-electron chi connectivity index (χ0n) is 10.7. The molecule has 8 heteroatoms. The van der Waals surface area contributed by atoms with Gasteiger partial charge < -0.3 is 10.2 Å². The zero-order valence-corrected chi connectivity index (χ0v) is 11.5. The third-order valence-corrected chi connectivity index (χ3v) is 2.54. The second kappa shape index (κ2) is 6.89.